The zero-order valence-corrected chi connectivity index (χ0v) is 13.1. The number of nitrogens with one attached hydrogen (secondary N) is 1. The molecule has 1 saturated heterocycles. The normalized spacial score (nSPS) is 26.1. The first-order valence-electron chi connectivity index (χ1n) is 8.40. The molecule has 21 heavy (non-hydrogen) atoms. The molecule has 1 unspecified atom stereocenters. The molecule has 0 bridgehead atoms. The molecule has 1 aromatic carbocycles. The number of hydrogen-bond acceptors (Lipinski definition) is 2. The van der Waals surface area contributed by atoms with Crippen molar-refractivity contribution in [1.29, 1.82) is 0 Å². The third kappa shape index (κ3) is 3.64. The van der Waals surface area contributed by atoms with Crippen LogP contribution < -0.4 is 5.32 Å². The summed E-state index contributed by atoms with van der Waals surface area (Å²) in [4.78, 5) is 2.63. The van der Waals surface area contributed by atoms with Gasteiger partial charge in [-0.05, 0) is 43.9 Å². The summed E-state index contributed by atoms with van der Waals surface area (Å²) in [5.41, 5.74) is 1.60. The van der Waals surface area contributed by atoms with Gasteiger partial charge in [-0.25, -0.2) is 4.39 Å². The van der Waals surface area contributed by atoms with E-state index >= 15 is 0 Å². The van der Waals surface area contributed by atoms with Gasteiger partial charge in [0, 0.05) is 31.2 Å². The van der Waals surface area contributed by atoms with Crippen molar-refractivity contribution in [2.45, 2.75) is 57.0 Å². The Morgan fingerprint density at radius 2 is 1.90 bits per heavy atom. The standard InChI is InChI=1S/C18H27FN2/c1-15-13-20-18(10-3-2-4-11-18)14-21(15)12-9-16-5-7-17(19)8-6-16/h5-8,15,20H,2-4,9-14H2,1H3. The Hall–Kier alpha value is -0.930. The van der Waals surface area contributed by atoms with Gasteiger partial charge < -0.3 is 5.32 Å². The second-order valence-electron chi connectivity index (χ2n) is 6.92. The summed E-state index contributed by atoms with van der Waals surface area (Å²) in [6.45, 7) is 5.67. The lowest BCUT2D eigenvalue weighted by Gasteiger charge is -2.49. The lowest BCUT2D eigenvalue weighted by molar-refractivity contribution is 0.0637. The lowest BCUT2D eigenvalue weighted by atomic mass is 9.79. The topological polar surface area (TPSA) is 15.3 Å². The fraction of sp³-hybridized carbons (Fsp3) is 0.667. The molecule has 1 aromatic rings. The van der Waals surface area contributed by atoms with Crippen LogP contribution >= 0.6 is 0 Å². The molecule has 0 radical (unpaired) electrons. The van der Waals surface area contributed by atoms with E-state index in [-0.39, 0.29) is 5.82 Å². The van der Waals surface area contributed by atoms with Gasteiger partial charge in [0.2, 0.25) is 0 Å². The van der Waals surface area contributed by atoms with Gasteiger partial charge >= 0.3 is 0 Å². The van der Waals surface area contributed by atoms with E-state index in [2.05, 4.69) is 17.1 Å². The average molecular weight is 290 g/mol. The molecule has 1 heterocycles. The van der Waals surface area contributed by atoms with Gasteiger partial charge in [-0.3, -0.25) is 4.90 Å². The van der Waals surface area contributed by atoms with Gasteiger partial charge in [-0.15, -0.1) is 0 Å². The molecule has 116 valence electrons. The summed E-state index contributed by atoms with van der Waals surface area (Å²) in [6, 6.07) is 7.56. The molecular formula is C18H27FN2. The highest BCUT2D eigenvalue weighted by atomic mass is 19.1. The minimum absolute atomic E-state index is 0.143. The third-order valence-electron chi connectivity index (χ3n) is 5.31. The van der Waals surface area contributed by atoms with Crippen LogP contribution in [0.5, 0.6) is 0 Å². The fourth-order valence-corrected chi connectivity index (χ4v) is 3.88. The van der Waals surface area contributed by atoms with E-state index in [0.29, 0.717) is 11.6 Å². The average Bonchev–Trinajstić information content (AvgIpc) is 2.51. The molecule has 2 nitrogen and oxygen atoms in total. The molecule has 1 aliphatic heterocycles. The van der Waals surface area contributed by atoms with Crippen LogP contribution in [-0.2, 0) is 6.42 Å². The van der Waals surface area contributed by atoms with E-state index < -0.39 is 0 Å². The van der Waals surface area contributed by atoms with Crippen molar-refractivity contribution in [2.24, 2.45) is 0 Å². The highest BCUT2D eigenvalue weighted by Crippen LogP contribution is 2.31. The Labute approximate surface area is 127 Å². The van der Waals surface area contributed by atoms with Crippen LogP contribution in [0.2, 0.25) is 0 Å². The maximum absolute atomic E-state index is 13.0. The van der Waals surface area contributed by atoms with E-state index in [1.165, 1.54) is 44.2 Å². The van der Waals surface area contributed by atoms with Gasteiger partial charge in [0.25, 0.3) is 0 Å². The fourth-order valence-electron chi connectivity index (χ4n) is 3.88. The van der Waals surface area contributed by atoms with E-state index in [0.717, 1.165) is 19.5 Å². The van der Waals surface area contributed by atoms with Crippen molar-refractivity contribution in [3.8, 4) is 0 Å². The molecule has 3 rings (SSSR count). The van der Waals surface area contributed by atoms with E-state index in [4.69, 9.17) is 0 Å². The van der Waals surface area contributed by atoms with Crippen molar-refractivity contribution in [3.63, 3.8) is 0 Å². The highest BCUT2D eigenvalue weighted by Gasteiger charge is 2.38. The first kappa shape index (κ1) is 15.0. The van der Waals surface area contributed by atoms with Crippen LogP contribution in [0.4, 0.5) is 4.39 Å². The highest BCUT2D eigenvalue weighted by molar-refractivity contribution is 5.16. The predicted octanol–water partition coefficient (Wildman–Crippen LogP) is 3.36. The van der Waals surface area contributed by atoms with Crippen molar-refractivity contribution in [1.82, 2.24) is 10.2 Å². The van der Waals surface area contributed by atoms with Crippen molar-refractivity contribution >= 4 is 0 Å². The second kappa shape index (κ2) is 6.45. The Morgan fingerprint density at radius 1 is 1.19 bits per heavy atom. The van der Waals surface area contributed by atoms with Gasteiger partial charge in [-0.2, -0.15) is 0 Å². The summed E-state index contributed by atoms with van der Waals surface area (Å²) in [5, 5.41) is 3.83. The molecule has 1 aliphatic carbocycles. The molecule has 1 N–H and O–H groups in total. The molecule has 3 heteroatoms. The van der Waals surface area contributed by atoms with Crippen molar-refractivity contribution in [2.75, 3.05) is 19.6 Å². The molecule has 1 spiro atoms. The Kier molecular flexibility index (Phi) is 4.60. The molecule has 1 saturated carbocycles. The van der Waals surface area contributed by atoms with Gasteiger partial charge in [0.05, 0.1) is 0 Å². The predicted molar refractivity (Wildman–Crippen MR) is 85.0 cm³/mol. The monoisotopic (exact) mass is 290 g/mol. The maximum Gasteiger partial charge on any atom is 0.123 e. The number of benzene rings is 1. The summed E-state index contributed by atoms with van der Waals surface area (Å²) < 4.78 is 13.0. The number of halogens is 1. The minimum Gasteiger partial charge on any atom is -0.308 e. The maximum atomic E-state index is 13.0. The minimum atomic E-state index is -0.143. The van der Waals surface area contributed by atoms with E-state index in [9.17, 15) is 4.39 Å². The molecule has 2 aliphatic rings. The van der Waals surface area contributed by atoms with Crippen LogP contribution in [0.3, 0.4) is 0 Å². The largest absolute Gasteiger partial charge is 0.308 e. The van der Waals surface area contributed by atoms with Crippen LogP contribution in [0.15, 0.2) is 24.3 Å². The molecule has 2 fully saturated rings. The molecule has 0 aromatic heterocycles. The number of piperazine rings is 1. The smallest absolute Gasteiger partial charge is 0.123 e. The van der Waals surface area contributed by atoms with Gasteiger partial charge in [-0.1, -0.05) is 31.4 Å². The Morgan fingerprint density at radius 3 is 2.62 bits per heavy atom. The van der Waals surface area contributed by atoms with Gasteiger partial charge in [0.15, 0.2) is 0 Å². The number of rotatable bonds is 3. The van der Waals surface area contributed by atoms with E-state index in [1.54, 1.807) is 12.1 Å². The SMILES string of the molecule is CC1CNC2(CCCCC2)CN1CCc1ccc(F)cc1. The van der Waals surface area contributed by atoms with Crippen molar-refractivity contribution in [3.05, 3.63) is 35.6 Å². The molecule has 0 amide bonds. The third-order valence-corrected chi connectivity index (χ3v) is 5.31. The Balaban J connectivity index is 1.59. The molecule has 1 atom stereocenters. The zero-order valence-electron chi connectivity index (χ0n) is 13.1. The van der Waals surface area contributed by atoms with Crippen LogP contribution in [-0.4, -0.2) is 36.1 Å². The summed E-state index contributed by atoms with van der Waals surface area (Å²) in [6.07, 6.45) is 7.80. The first-order valence-corrected chi connectivity index (χ1v) is 8.40. The first-order chi connectivity index (χ1) is 10.2. The Bertz CT molecular complexity index is 451. The lowest BCUT2D eigenvalue weighted by Crippen LogP contribution is -2.64. The van der Waals surface area contributed by atoms with Gasteiger partial charge in [0.1, 0.15) is 5.82 Å². The summed E-state index contributed by atoms with van der Waals surface area (Å²) in [7, 11) is 0. The second-order valence-corrected chi connectivity index (χ2v) is 6.92. The number of hydrogen-bond donors (Lipinski definition) is 1. The zero-order chi connectivity index (χ0) is 14.7. The van der Waals surface area contributed by atoms with Crippen LogP contribution in [0, 0.1) is 5.82 Å². The van der Waals surface area contributed by atoms with E-state index in [1.807, 2.05) is 12.1 Å². The van der Waals surface area contributed by atoms with Crippen molar-refractivity contribution < 1.29 is 4.39 Å². The summed E-state index contributed by atoms with van der Waals surface area (Å²) >= 11 is 0. The number of nitrogens with zero attached hydrogens (tertiary/aromatic N) is 1. The molecular weight excluding hydrogens is 263 g/mol. The van der Waals surface area contributed by atoms with Crippen LogP contribution in [0.1, 0.15) is 44.6 Å². The summed E-state index contributed by atoms with van der Waals surface area (Å²) in [5.74, 6) is -0.143. The van der Waals surface area contributed by atoms with Crippen LogP contribution in [0.25, 0.3) is 0 Å². The quantitative estimate of drug-likeness (QED) is 0.918.